The van der Waals surface area contributed by atoms with Gasteiger partial charge in [0.1, 0.15) is 11.8 Å². The Balaban J connectivity index is 2.49. The molecule has 1 atom stereocenters. The van der Waals surface area contributed by atoms with Gasteiger partial charge in [-0.25, -0.2) is 0 Å². The fourth-order valence-corrected chi connectivity index (χ4v) is 3.90. The van der Waals surface area contributed by atoms with Crippen LogP contribution in [0.4, 0.5) is 0 Å². The number of rotatable bonds is 3. The molecule has 0 aromatic heterocycles. The summed E-state index contributed by atoms with van der Waals surface area (Å²) in [5.74, 6) is 0.865. The maximum absolute atomic E-state index is 9.60. The first-order valence-electron chi connectivity index (χ1n) is 6.20. The third-order valence-corrected chi connectivity index (χ3v) is 4.14. The van der Waals surface area contributed by atoms with E-state index in [2.05, 4.69) is 25.7 Å². The Morgan fingerprint density at radius 1 is 1.33 bits per heavy atom. The Hall–Kier alpha value is -1.31. The van der Waals surface area contributed by atoms with Crippen LogP contribution in [-0.2, 0) is 16.4 Å². The number of fused-ring (bicyclic) bond motifs is 1. The molecule has 1 aliphatic carbocycles. The molecule has 96 valence electrons. The highest BCUT2D eigenvalue weighted by Crippen LogP contribution is 2.44. The van der Waals surface area contributed by atoms with Gasteiger partial charge in [-0.15, -0.1) is 0 Å². The summed E-state index contributed by atoms with van der Waals surface area (Å²) in [6.45, 7) is 6.35. The Morgan fingerprint density at radius 2 is 2.06 bits per heavy atom. The minimum absolute atomic E-state index is 0.726. The summed E-state index contributed by atoms with van der Waals surface area (Å²) in [6.07, 6.45) is 1.57. The molecule has 0 aliphatic heterocycles. The Kier molecular flexibility index (Phi) is 3.22. The highest BCUT2D eigenvalue weighted by atomic mass is 28.4. The first-order chi connectivity index (χ1) is 8.42. The van der Waals surface area contributed by atoms with E-state index >= 15 is 0 Å². The zero-order valence-corrected chi connectivity index (χ0v) is 12.4. The van der Waals surface area contributed by atoms with Gasteiger partial charge in [0, 0.05) is 11.1 Å². The van der Waals surface area contributed by atoms with E-state index in [4.69, 9.17) is 9.16 Å². The highest BCUT2D eigenvalue weighted by molar-refractivity contribution is 6.69. The van der Waals surface area contributed by atoms with E-state index in [-0.39, 0.29) is 0 Å². The van der Waals surface area contributed by atoms with Crippen molar-refractivity contribution in [1.82, 2.24) is 0 Å². The van der Waals surface area contributed by atoms with Crippen LogP contribution in [0.15, 0.2) is 18.2 Å². The molecular weight excluding hydrogens is 242 g/mol. The van der Waals surface area contributed by atoms with Crippen LogP contribution in [0.1, 0.15) is 17.5 Å². The summed E-state index contributed by atoms with van der Waals surface area (Å²) < 4.78 is 11.6. The van der Waals surface area contributed by atoms with Crippen molar-refractivity contribution >= 4 is 8.32 Å². The van der Waals surface area contributed by atoms with Crippen molar-refractivity contribution in [2.45, 2.75) is 38.1 Å². The van der Waals surface area contributed by atoms with Crippen molar-refractivity contribution in [2.75, 3.05) is 7.11 Å². The smallest absolute Gasteiger partial charge is 0.186 e. The number of nitriles is 1. The van der Waals surface area contributed by atoms with Crippen LogP contribution in [-0.4, -0.2) is 15.4 Å². The minimum atomic E-state index is -1.77. The molecular formula is C14H19NO2Si. The summed E-state index contributed by atoms with van der Waals surface area (Å²) in [7, 11) is -0.107. The zero-order chi connectivity index (χ0) is 13.4. The molecule has 0 saturated carbocycles. The van der Waals surface area contributed by atoms with E-state index < -0.39 is 13.9 Å². The van der Waals surface area contributed by atoms with Gasteiger partial charge in [-0.05, 0) is 38.5 Å². The maximum Gasteiger partial charge on any atom is 0.186 e. The number of ether oxygens (including phenoxy) is 1. The molecule has 0 radical (unpaired) electrons. The Labute approximate surface area is 109 Å². The van der Waals surface area contributed by atoms with E-state index in [0.29, 0.717) is 0 Å². The quantitative estimate of drug-likeness (QED) is 0.785. The van der Waals surface area contributed by atoms with Crippen molar-refractivity contribution in [1.29, 1.82) is 5.26 Å². The van der Waals surface area contributed by atoms with Gasteiger partial charge in [0.15, 0.2) is 13.9 Å². The lowest BCUT2D eigenvalue weighted by atomic mass is 9.98. The molecule has 0 unspecified atom stereocenters. The number of methoxy groups -OCH3 is 1. The molecule has 4 heteroatoms. The summed E-state index contributed by atoms with van der Waals surface area (Å²) in [4.78, 5) is 0. The second-order valence-corrected chi connectivity index (χ2v) is 10.1. The molecule has 1 aliphatic rings. The summed E-state index contributed by atoms with van der Waals surface area (Å²) >= 11 is 0. The molecule has 1 aromatic rings. The fourth-order valence-electron chi connectivity index (χ4n) is 2.60. The largest absolute Gasteiger partial charge is 0.496 e. The second kappa shape index (κ2) is 4.41. The van der Waals surface area contributed by atoms with E-state index in [1.807, 2.05) is 18.2 Å². The van der Waals surface area contributed by atoms with Crippen LogP contribution in [0.3, 0.4) is 0 Å². The summed E-state index contributed by atoms with van der Waals surface area (Å²) in [6, 6.07) is 8.27. The second-order valence-electron chi connectivity index (χ2n) is 5.64. The van der Waals surface area contributed by atoms with Crippen molar-refractivity contribution < 1.29 is 9.16 Å². The molecule has 0 spiro atoms. The van der Waals surface area contributed by atoms with Crippen LogP contribution in [0, 0.1) is 11.3 Å². The standard InChI is InChI=1S/C14H19NO2Si/c1-16-13-7-5-6-12-11(13)8-9-14(12,10-15)17-18(2,3)4/h5-7H,8-9H2,1-4H3/t14-/m0/s1. The van der Waals surface area contributed by atoms with Crippen molar-refractivity contribution in [3.8, 4) is 11.8 Å². The lowest BCUT2D eigenvalue weighted by Crippen LogP contribution is -2.38. The molecule has 0 bridgehead atoms. The number of hydrogen-bond donors (Lipinski definition) is 0. The van der Waals surface area contributed by atoms with Gasteiger partial charge in [-0.1, -0.05) is 12.1 Å². The molecule has 2 rings (SSSR count). The summed E-state index contributed by atoms with van der Waals surface area (Å²) in [5.41, 5.74) is 1.35. The van der Waals surface area contributed by atoms with Crippen LogP contribution >= 0.6 is 0 Å². The van der Waals surface area contributed by atoms with E-state index in [1.165, 1.54) is 0 Å². The Morgan fingerprint density at radius 3 is 2.61 bits per heavy atom. The zero-order valence-electron chi connectivity index (χ0n) is 11.4. The first kappa shape index (κ1) is 13.1. The van der Waals surface area contributed by atoms with Crippen molar-refractivity contribution in [3.63, 3.8) is 0 Å². The van der Waals surface area contributed by atoms with Gasteiger partial charge in [-0.3, -0.25) is 0 Å². The first-order valence-corrected chi connectivity index (χ1v) is 9.60. The van der Waals surface area contributed by atoms with Crippen LogP contribution < -0.4 is 4.74 Å². The average Bonchev–Trinajstić information content (AvgIpc) is 2.67. The number of benzene rings is 1. The predicted molar refractivity (Wildman–Crippen MR) is 73.0 cm³/mol. The highest BCUT2D eigenvalue weighted by Gasteiger charge is 2.44. The molecule has 0 fully saturated rings. The van der Waals surface area contributed by atoms with Gasteiger partial charge in [-0.2, -0.15) is 5.26 Å². The molecule has 0 heterocycles. The molecule has 0 N–H and O–H groups in total. The van der Waals surface area contributed by atoms with E-state index in [9.17, 15) is 5.26 Å². The summed E-state index contributed by atoms with van der Waals surface area (Å²) in [5, 5.41) is 9.60. The van der Waals surface area contributed by atoms with Crippen LogP contribution in [0.2, 0.25) is 19.6 Å². The normalized spacial score (nSPS) is 22.4. The van der Waals surface area contributed by atoms with Crippen LogP contribution in [0.5, 0.6) is 5.75 Å². The monoisotopic (exact) mass is 261 g/mol. The molecule has 1 aromatic carbocycles. The van der Waals surface area contributed by atoms with Crippen molar-refractivity contribution in [3.05, 3.63) is 29.3 Å². The maximum atomic E-state index is 9.60. The molecule has 3 nitrogen and oxygen atoms in total. The fraction of sp³-hybridized carbons (Fsp3) is 0.500. The van der Waals surface area contributed by atoms with Crippen molar-refractivity contribution in [2.24, 2.45) is 0 Å². The topological polar surface area (TPSA) is 42.2 Å². The van der Waals surface area contributed by atoms with E-state index in [0.717, 1.165) is 29.7 Å². The van der Waals surface area contributed by atoms with Gasteiger partial charge in [0.2, 0.25) is 0 Å². The Bertz CT molecular complexity index is 501. The minimum Gasteiger partial charge on any atom is -0.496 e. The van der Waals surface area contributed by atoms with Gasteiger partial charge in [0.05, 0.1) is 7.11 Å². The lowest BCUT2D eigenvalue weighted by Gasteiger charge is -2.31. The molecule has 18 heavy (non-hydrogen) atoms. The average molecular weight is 261 g/mol. The third-order valence-electron chi connectivity index (χ3n) is 3.18. The molecule has 0 saturated heterocycles. The predicted octanol–water partition coefficient (Wildman–Crippen LogP) is 3.21. The van der Waals surface area contributed by atoms with Crippen LogP contribution in [0.25, 0.3) is 0 Å². The van der Waals surface area contributed by atoms with E-state index in [1.54, 1.807) is 7.11 Å². The third kappa shape index (κ3) is 2.16. The number of hydrogen-bond acceptors (Lipinski definition) is 3. The lowest BCUT2D eigenvalue weighted by molar-refractivity contribution is 0.121. The van der Waals surface area contributed by atoms with Gasteiger partial charge < -0.3 is 9.16 Å². The number of nitrogens with zero attached hydrogens (tertiary/aromatic N) is 1. The van der Waals surface area contributed by atoms with Gasteiger partial charge >= 0.3 is 0 Å². The SMILES string of the molecule is COc1cccc2c1CC[C@@]2(C#N)O[Si](C)(C)C. The van der Waals surface area contributed by atoms with Gasteiger partial charge in [0.25, 0.3) is 0 Å². The molecule has 0 amide bonds.